The number of benzene rings is 4. The van der Waals surface area contributed by atoms with Gasteiger partial charge in [0.15, 0.2) is 0 Å². The molecule has 4 heteroatoms. The van der Waals surface area contributed by atoms with Crippen molar-refractivity contribution >= 4 is 14.0 Å². The number of aryl methyl sites for hydroxylation is 1. The van der Waals surface area contributed by atoms with Gasteiger partial charge in [0.2, 0.25) is 0 Å². The summed E-state index contributed by atoms with van der Waals surface area (Å²) in [5.74, 6) is 2.23. The van der Waals surface area contributed by atoms with Gasteiger partial charge < -0.3 is 13.3 Å². The molecule has 0 N–H and O–H groups in total. The van der Waals surface area contributed by atoms with Crippen LogP contribution < -0.4 is 18.5 Å². The van der Waals surface area contributed by atoms with Crippen molar-refractivity contribution in [3.8, 4) is 17.2 Å². The average molecular weight is 441 g/mol. The molecule has 4 rings (SSSR count). The third-order valence-electron chi connectivity index (χ3n) is 5.13. The van der Waals surface area contributed by atoms with Crippen molar-refractivity contribution in [2.45, 2.75) is 26.2 Å². The van der Waals surface area contributed by atoms with E-state index < -0.39 is 8.80 Å². The molecule has 0 aromatic heterocycles. The van der Waals surface area contributed by atoms with Gasteiger partial charge in [-0.2, -0.15) is 0 Å². The Morgan fingerprint density at radius 3 is 1.62 bits per heavy atom. The maximum absolute atomic E-state index is 6.82. The van der Waals surface area contributed by atoms with Gasteiger partial charge in [0.1, 0.15) is 17.2 Å². The normalized spacial score (nSPS) is 11.0. The molecule has 0 heterocycles. The number of rotatable bonds is 10. The summed E-state index contributed by atoms with van der Waals surface area (Å²) in [6, 6.07) is 37.7. The fourth-order valence-corrected chi connectivity index (χ4v) is 5.95. The Labute approximate surface area is 191 Å². The molecule has 0 amide bonds. The van der Waals surface area contributed by atoms with E-state index in [2.05, 4.69) is 19.1 Å². The molecule has 3 nitrogen and oxygen atoms in total. The zero-order valence-corrected chi connectivity index (χ0v) is 19.3. The standard InChI is InChI=1S/C28H28O3Si/c1-2-3-15-24-16-13-14-23-28(24)31-32(27-21-11-6-12-22-27,29-25-17-7-4-8-18-25)30-26-19-9-5-10-20-26/h4-14,16-23H,2-3,15H2,1H3. The van der Waals surface area contributed by atoms with Crippen LogP contribution in [0.5, 0.6) is 17.2 Å². The summed E-state index contributed by atoms with van der Waals surface area (Å²) < 4.78 is 20.1. The lowest BCUT2D eigenvalue weighted by atomic mass is 10.1. The largest absolute Gasteiger partial charge is 0.737 e. The van der Waals surface area contributed by atoms with E-state index in [9.17, 15) is 0 Å². The van der Waals surface area contributed by atoms with Crippen molar-refractivity contribution in [2.24, 2.45) is 0 Å². The highest BCUT2D eigenvalue weighted by Gasteiger charge is 2.52. The second-order valence-corrected chi connectivity index (χ2v) is 9.87. The van der Waals surface area contributed by atoms with Crippen LogP contribution in [0.25, 0.3) is 0 Å². The van der Waals surface area contributed by atoms with E-state index in [1.165, 1.54) is 0 Å². The predicted octanol–water partition coefficient (Wildman–Crippen LogP) is 6.41. The van der Waals surface area contributed by atoms with Crippen LogP contribution in [0.15, 0.2) is 115 Å². The Morgan fingerprint density at radius 2 is 1.06 bits per heavy atom. The molecule has 0 saturated heterocycles. The highest BCUT2D eigenvalue weighted by molar-refractivity contribution is 6.77. The molecule has 162 valence electrons. The summed E-state index contributed by atoms with van der Waals surface area (Å²) in [7, 11) is -3.46. The molecule has 0 radical (unpaired) electrons. The van der Waals surface area contributed by atoms with Crippen LogP contribution in [0.2, 0.25) is 0 Å². The summed E-state index contributed by atoms with van der Waals surface area (Å²) in [5, 5.41) is 0.901. The topological polar surface area (TPSA) is 27.7 Å². The van der Waals surface area contributed by atoms with E-state index in [0.29, 0.717) is 11.5 Å². The molecule has 32 heavy (non-hydrogen) atoms. The second kappa shape index (κ2) is 10.7. The number of hydrogen-bond acceptors (Lipinski definition) is 3. The van der Waals surface area contributed by atoms with Crippen molar-refractivity contribution in [1.82, 2.24) is 0 Å². The van der Waals surface area contributed by atoms with Crippen molar-refractivity contribution in [1.29, 1.82) is 0 Å². The van der Waals surface area contributed by atoms with Crippen molar-refractivity contribution in [3.05, 3.63) is 121 Å². The monoisotopic (exact) mass is 440 g/mol. The first-order chi connectivity index (χ1) is 15.8. The first-order valence-corrected chi connectivity index (χ1v) is 12.8. The van der Waals surface area contributed by atoms with E-state index in [0.717, 1.165) is 35.8 Å². The minimum Gasteiger partial charge on any atom is -0.480 e. The summed E-state index contributed by atoms with van der Waals surface area (Å²) in [5.41, 5.74) is 1.16. The Bertz CT molecular complexity index is 1040. The highest BCUT2D eigenvalue weighted by atomic mass is 28.4. The maximum atomic E-state index is 6.82. The molecule has 4 aromatic carbocycles. The van der Waals surface area contributed by atoms with Gasteiger partial charge in [0, 0.05) is 0 Å². The van der Waals surface area contributed by atoms with E-state index in [1.807, 2.05) is 103 Å². The molecule has 0 bridgehead atoms. The number of hydrogen-bond donors (Lipinski definition) is 0. The molecule has 0 aliphatic carbocycles. The Balaban J connectivity index is 1.82. The number of para-hydroxylation sites is 3. The van der Waals surface area contributed by atoms with Crippen LogP contribution in [0.3, 0.4) is 0 Å². The van der Waals surface area contributed by atoms with Crippen molar-refractivity contribution in [2.75, 3.05) is 0 Å². The third-order valence-corrected chi connectivity index (χ3v) is 7.67. The van der Waals surface area contributed by atoms with Crippen LogP contribution in [0.1, 0.15) is 25.3 Å². The molecular weight excluding hydrogens is 412 g/mol. The molecule has 0 fully saturated rings. The van der Waals surface area contributed by atoms with Crippen LogP contribution >= 0.6 is 0 Å². The molecule has 0 aliphatic rings. The molecule has 4 aromatic rings. The van der Waals surface area contributed by atoms with Gasteiger partial charge in [0.25, 0.3) is 0 Å². The highest BCUT2D eigenvalue weighted by Crippen LogP contribution is 2.27. The maximum Gasteiger partial charge on any atom is 0.737 e. The van der Waals surface area contributed by atoms with Gasteiger partial charge in [-0.05, 0) is 48.7 Å². The lowest BCUT2D eigenvalue weighted by Crippen LogP contribution is -2.64. The van der Waals surface area contributed by atoms with Gasteiger partial charge in [-0.25, -0.2) is 0 Å². The number of unbranched alkanes of at least 4 members (excludes halogenated alkanes) is 1. The lowest BCUT2D eigenvalue weighted by Gasteiger charge is -2.31. The van der Waals surface area contributed by atoms with Gasteiger partial charge in [-0.3, -0.25) is 0 Å². The average Bonchev–Trinajstić information content (AvgIpc) is 2.85. The fraction of sp³-hybridized carbons (Fsp3) is 0.143. The molecule has 0 saturated carbocycles. The van der Waals surface area contributed by atoms with Crippen LogP contribution in [-0.2, 0) is 6.42 Å². The Kier molecular flexibility index (Phi) is 7.26. The Morgan fingerprint density at radius 1 is 0.562 bits per heavy atom. The predicted molar refractivity (Wildman–Crippen MR) is 132 cm³/mol. The van der Waals surface area contributed by atoms with Crippen molar-refractivity contribution in [3.63, 3.8) is 0 Å². The SMILES string of the molecule is CCCCc1ccccc1O[Si](Oc1ccccc1)(Oc1ccccc1)c1ccccc1. The fourth-order valence-electron chi connectivity index (χ4n) is 3.49. The van der Waals surface area contributed by atoms with Crippen LogP contribution in [-0.4, -0.2) is 8.80 Å². The van der Waals surface area contributed by atoms with E-state index in [4.69, 9.17) is 13.3 Å². The zero-order valence-electron chi connectivity index (χ0n) is 18.3. The quantitative estimate of drug-likeness (QED) is 0.267. The second-order valence-electron chi connectivity index (χ2n) is 7.57. The van der Waals surface area contributed by atoms with Crippen LogP contribution in [0.4, 0.5) is 0 Å². The minimum atomic E-state index is -3.46. The van der Waals surface area contributed by atoms with Crippen molar-refractivity contribution < 1.29 is 13.3 Å². The summed E-state index contributed by atoms with van der Waals surface area (Å²) in [6.45, 7) is 2.20. The van der Waals surface area contributed by atoms with E-state index >= 15 is 0 Å². The van der Waals surface area contributed by atoms with Gasteiger partial charge >= 0.3 is 8.80 Å². The third kappa shape index (κ3) is 5.40. The zero-order chi connectivity index (χ0) is 22.1. The van der Waals surface area contributed by atoms with Gasteiger partial charge in [0.05, 0.1) is 5.19 Å². The van der Waals surface area contributed by atoms with Gasteiger partial charge in [-0.1, -0.05) is 98.3 Å². The minimum absolute atomic E-state index is 0.713. The molecular formula is C28H28O3Si. The van der Waals surface area contributed by atoms with Gasteiger partial charge in [-0.15, -0.1) is 0 Å². The first-order valence-electron chi connectivity index (χ1n) is 11.1. The van der Waals surface area contributed by atoms with E-state index in [-0.39, 0.29) is 0 Å². The lowest BCUT2D eigenvalue weighted by molar-refractivity contribution is 0.280. The molecule has 0 unspecified atom stereocenters. The summed E-state index contributed by atoms with van der Waals surface area (Å²) >= 11 is 0. The molecule has 0 aliphatic heterocycles. The first kappa shape index (κ1) is 21.7. The van der Waals surface area contributed by atoms with Crippen LogP contribution in [0, 0.1) is 0 Å². The molecule has 0 spiro atoms. The summed E-state index contributed by atoms with van der Waals surface area (Å²) in [6.07, 6.45) is 3.17. The summed E-state index contributed by atoms with van der Waals surface area (Å²) in [4.78, 5) is 0. The van der Waals surface area contributed by atoms with E-state index in [1.54, 1.807) is 0 Å². The molecule has 0 atom stereocenters. The Hall–Kier alpha value is -3.50. The smallest absolute Gasteiger partial charge is 0.480 e.